The Morgan fingerprint density at radius 1 is 1.33 bits per heavy atom. The first-order chi connectivity index (χ1) is 8.56. The van der Waals surface area contributed by atoms with Gasteiger partial charge in [-0.3, -0.25) is 5.41 Å². The maximum atomic E-state index is 7.56. The number of hydrogen-bond donors (Lipinski definition) is 2. The number of hydrogen-bond acceptors (Lipinski definition) is 2. The van der Waals surface area contributed by atoms with Gasteiger partial charge >= 0.3 is 0 Å². The third kappa shape index (κ3) is 3.16. The second-order valence-corrected chi connectivity index (χ2v) is 5.49. The molecule has 0 atom stereocenters. The van der Waals surface area contributed by atoms with Crippen LogP contribution in [0.5, 0.6) is 5.75 Å². The van der Waals surface area contributed by atoms with Crippen LogP contribution in [-0.2, 0) is 0 Å². The summed E-state index contributed by atoms with van der Waals surface area (Å²) < 4.78 is 5.97. The van der Waals surface area contributed by atoms with Crippen molar-refractivity contribution in [1.82, 2.24) is 0 Å². The Morgan fingerprint density at radius 3 is 2.61 bits per heavy atom. The molecule has 0 radical (unpaired) electrons. The fourth-order valence-corrected chi connectivity index (χ4v) is 2.51. The second-order valence-electron chi connectivity index (χ2n) is 5.05. The topological polar surface area (TPSA) is 59.1 Å². The fourth-order valence-electron chi connectivity index (χ4n) is 2.34. The third-order valence-electron chi connectivity index (χ3n) is 3.49. The van der Waals surface area contributed by atoms with Crippen LogP contribution < -0.4 is 10.5 Å². The van der Waals surface area contributed by atoms with E-state index in [4.69, 9.17) is 27.5 Å². The van der Waals surface area contributed by atoms with Crippen molar-refractivity contribution < 1.29 is 4.74 Å². The highest BCUT2D eigenvalue weighted by Gasteiger charge is 2.20. The van der Waals surface area contributed by atoms with E-state index >= 15 is 0 Å². The van der Waals surface area contributed by atoms with Crippen LogP contribution >= 0.6 is 11.6 Å². The third-order valence-corrected chi connectivity index (χ3v) is 3.72. The van der Waals surface area contributed by atoms with Crippen molar-refractivity contribution >= 4 is 17.4 Å². The fraction of sp³-hybridized carbons (Fsp3) is 0.500. The van der Waals surface area contributed by atoms with E-state index in [0.717, 1.165) is 18.8 Å². The zero-order valence-corrected chi connectivity index (χ0v) is 11.3. The van der Waals surface area contributed by atoms with Gasteiger partial charge in [-0.2, -0.15) is 0 Å². The lowest BCUT2D eigenvalue weighted by Crippen LogP contribution is -2.24. The monoisotopic (exact) mass is 266 g/mol. The summed E-state index contributed by atoms with van der Waals surface area (Å²) in [6, 6.07) is 5.26. The molecule has 0 aliphatic heterocycles. The molecule has 1 aliphatic rings. The average Bonchev–Trinajstić information content (AvgIpc) is 2.34. The molecule has 4 heteroatoms. The summed E-state index contributed by atoms with van der Waals surface area (Å²) in [6.07, 6.45) is 4.78. The van der Waals surface area contributed by atoms with E-state index in [1.54, 1.807) is 18.2 Å². The standard InChI is InChI=1S/C14H19ClN2O/c1-9-2-5-11(6-3-9)18-13-7-4-10(15)8-12(13)14(16)17/h4,7-9,11H,2-3,5-6H2,1H3,(H3,16,17). The van der Waals surface area contributed by atoms with Crippen LogP contribution in [0.15, 0.2) is 18.2 Å². The molecule has 0 unspecified atom stereocenters. The molecule has 0 saturated heterocycles. The number of ether oxygens (including phenoxy) is 1. The van der Waals surface area contributed by atoms with E-state index in [0.29, 0.717) is 16.3 Å². The van der Waals surface area contributed by atoms with Gasteiger partial charge in [0.25, 0.3) is 0 Å². The van der Waals surface area contributed by atoms with Crippen molar-refractivity contribution in [3.8, 4) is 5.75 Å². The van der Waals surface area contributed by atoms with Gasteiger partial charge in [0.05, 0.1) is 11.7 Å². The van der Waals surface area contributed by atoms with E-state index in [1.165, 1.54) is 12.8 Å². The van der Waals surface area contributed by atoms with Gasteiger partial charge < -0.3 is 10.5 Å². The number of nitrogens with one attached hydrogen (secondary N) is 1. The Kier molecular flexibility index (Phi) is 4.12. The second kappa shape index (κ2) is 5.61. The quantitative estimate of drug-likeness (QED) is 0.649. The minimum atomic E-state index is -0.00308. The van der Waals surface area contributed by atoms with Gasteiger partial charge in [0, 0.05) is 5.02 Å². The Balaban J connectivity index is 2.11. The van der Waals surface area contributed by atoms with Gasteiger partial charge in [-0.1, -0.05) is 18.5 Å². The molecule has 3 N–H and O–H groups in total. The number of rotatable bonds is 3. The number of amidine groups is 1. The highest BCUT2D eigenvalue weighted by atomic mass is 35.5. The normalized spacial score (nSPS) is 23.7. The molecule has 98 valence electrons. The Hall–Kier alpha value is -1.22. The first-order valence-electron chi connectivity index (χ1n) is 6.37. The predicted molar refractivity (Wildman–Crippen MR) is 74.5 cm³/mol. The molecule has 2 rings (SSSR count). The van der Waals surface area contributed by atoms with E-state index in [9.17, 15) is 0 Å². The smallest absolute Gasteiger partial charge is 0.130 e. The van der Waals surface area contributed by atoms with Crippen LogP contribution in [-0.4, -0.2) is 11.9 Å². The van der Waals surface area contributed by atoms with Crippen LogP contribution in [0.25, 0.3) is 0 Å². The van der Waals surface area contributed by atoms with Crippen LogP contribution in [0.4, 0.5) is 0 Å². The molecule has 1 saturated carbocycles. The van der Waals surface area contributed by atoms with Crippen LogP contribution in [0, 0.1) is 11.3 Å². The minimum absolute atomic E-state index is 0.00308. The van der Waals surface area contributed by atoms with E-state index in [-0.39, 0.29) is 11.9 Å². The number of halogens is 1. The zero-order valence-electron chi connectivity index (χ0n) is 10.6. The van der Waals surface area contributed by atoms with Crippen molar-refractivity contribution in [1.29, 1.82) is 5.41 Å². The minimum Gasteiger partial charge on any atom is -0.490 e. The molecular weight excluding hydrogens is 248 g/mol. The number of nitrogen functional groups attached to an aromatic ring is 1. The predicted octanol–water partition coefficient (Wildman–Crippen LogP) is 3.58. The summed E-state index contributed by atoms with van der Waals surface area (Å²) in [5.74, 6) is 1.46. The molecule has 0 spiro atoms. The molecule has 1 aromatic rings. The zero-order chi connectivity index (χ0) is 13.1. The van der Waals surface area contributed by atoms with Crippen molar-refractivity contribution in [3.63, 3.8) is 0 Å². The molecule has 1 aliphatic carbocycles. The van der Waals surface area contributed by atoms with Crippen molar-refractivity contribution in [3.05, 3.63) is 28.8 Å². The summed E-state index contributed by atoms with van der Waals surface area (Å²) >= 11 is 5.91. The summed E-state index contributed by atoms with van der Waals surface area (Å²) in [5.41, 5.74) is 6.14. The molecule has 0 aromatic heterocycles. The van der Waals surface area contributed by atoms with Gasteiger partial charge in [-0.25, -0.2) is 0 Å². The molecule has 18 heavy (non-hydrogen) atoms. The average molecular weight is 267 g/mol. The molecular formula is C14H19ClN2O. The lowest BCUT2D eigenvalue weighted by atomic mass is 9.89. The first-order valence-corrected chi connectivity index (χ1v) is 6.74. The molecule has 1 aromatic carbocycles. The summed E-state index contributed by atoms with van der Waals surface area (Å²) in [6.45, 7) is 2.28. The first kappa shape index (κ1) is 13.2. The van der Waals surface area contributed by atoms with E-state index in [1.807, 2.05) is 0 Å². The molecule has 3 nitrogen and oxygen atoms in total. The van der Waals surface area contributed by atoms with Gasteiger partial charge in [0.15, 0.2) is 0 Å². The van der Waals surface area contributed by atoms with Crippen LogP contribution in [0.2, 0.25) is 5.02 Å². The summed E-state index contributed by atoms with van der Waals surface area (Å²) in [4.78, 5) is 0. The largest absolute Gasteiger partial charge is 0.490 e. The molecule has 0 bridgehead atoms. The maximum Gasteiger partial charge on any atom is 0.130 e. The molecule has 1 fully saturated rings. The van der Waals surface area contributed by atoms with Gasteiger partial charge in [-0.15, -0.1) is 0 Å². The summed E-state index contributed by atoms with van der Waals surface area (Å²) in [5, 5.41) is 8.14. The number of benzene rings is 1. The van der Waals surface area contributed by atoms with Gasteiger partial charge in [0.1, 0.15) is 11.6 Å². The van der Waals surface area contributed by atoms with Crippen LogP contribution in [0.1, 0.15) is 38.2 Å². The van der Waals surface area contributed by atoms with E-state index in [2.05, 4.69) is 6.92 Å². The van der Waals surface area contributed by atoms with Crippen molar-refractivity contribution in [2.24, 2.45) is 11.7 Å². The van der Waals surface area contributed by atoms with E-state index < -0.39 is 0 Å². The van der Waals surface area contributed by atoms with Crippen molar-refractivity contribution in [2.75, 3.05) is 0 Å². The Labute approximate surface area is 113 Å². The van der Waals surface area contributed by atoms with Crippen LogP contribution in [0.3, 0.4) is 0 Å². The van der Waals surface area contributed by atoms with Gasteiger partial charge in [-0.05, 0) is 49.8 Å². The molecule has 0 heterocycles. The Morgan fingerprint density at radius 2 is 2.00 bits per heavy atom. The summed E-state index contributed by atoms with van der Waals surface area (Å²) in [7, 11) is 0. The highest BCUT2D eigenvalue weighted by molar-refractivity contribution is 6.31. The number of nitrogens with two attached hydrogens (primary N) is 1. The highest BCUT2D eigenvalue weighted by Crippen LogP contribution is 2.29. The van der Waals surface area contributed by atoms with Crippen molar-refractivity contribution in [2.45, 2.75) is 38.7 Å². The molecule has 0 amide bonds. The Bertz CT molecular complexity index is 439. The lowest BCUT2D eigenvalue weighted by molar-refractivity contribution is 0.135. The SMILES string of the molecule is CC1CCC(Oc2ccc(Cl)cc2C(=N)N)CC1. The maximum absolute atomic E-state index is 7.56. The van der Waals surface area contributed by atoms with Gasteiger partial charge in [0.2, 0.25) is 0 Å². The lowest BCUT2D eigenvalue weighted by Gasteiger charge is -2.27.